The number of alkyl halides is 3. The van der Waals surface area contributed by atoms with Gasteiger partial charge in [-0.25, -0.2) is 0 Å². The second-order valence-corrected chi connectivity index (χ2v) is 7.12. The van der Waals surface area contributed by atoms with Gasteiger partial charge in [0, 0.05) is 10.2 Å². The van der Waals surface area contributed by atoms with Gasteiger partial charge in [-0.1, -0.05) is 18.7 Å². The first-order chi connectivity index (χ1) is 9.73. The summed E-state index contributed by atoms with van der Waals surface area (Å²) in [5.74, 6) is 0.909. The predicted molar refractivity (Wildman–Crippen MR) is 86.0 cm³/mol. The lowest BCUT2D eigenvalue weighted by atomic mass is 9.97. The Hall–Kier alpha value is -0.690. The highest BCUT2D eigenvalue weighted by Gasteiger charge is 2.31. The van der Waals surface area contributed by atoms with Crippen LogP contribution in [0.4, 0.5) is 18.9 Å². The molecule has 0 amide bonds. The zero-order chi connectivity index (χ0) is 15.7. The summed E-state index contributed by atoms with van der Waals surface area (Å²) in [4.78, 5) is 4.63. The van der Waals surface area contributed by atoms with E-state index >= 15 is 0 Å². The van der Waals surface area contributed by atoms with Crippen LogP contribution in [0, 0.1) is 0 Å². The molecule has 2 rings (SSSR count). The number of rotatable bonds is 2. The summed E-state index contributed by atoms with van der Waals surface area (Å²) in [6.45, 7) is 4.13. The van der Waals surface area contributed by atoms with Crippen LogP contribution in [0.5, 0.6) is 0 Å². The summed E-state index contributed by atoms with van der Waals surface area (Å²) in [5, 5.41) is 3.69. The van der Waals surface area contributed by atoms with Crippen LogP contribution < -0.4 is 5.32 Å². The number of amidine groups is 1. The van der Waals surface area contributed by atoms with Crippen molar-refractivity contribution in [3.8, 4) is 0 Å². The lowest BCUT2D eigenvalue weighted by Gasteiger charge is -2.29. The van der Waals surface area contributed by atoms with Crippen molar-refractivity contribution in [3.63, 3.8) is 0 Å². The maximum atomic E-state index is 12.8. The quantitative estimate of drug-likeness (QED) is 0.727. The van der Waals surface area contributed by atoms with E-state index in [-0.39, 0.29) is 5.54 Å². The summed E-state index contributed by atoms with van der Waals surface area (Å²) >= 11 is 4.81. The van der Waals surface area contributed by atoms with Crippen LogP contribution in [0.15, 0.2) is 27.7 Å². The molecule has 1 aliphatic rings. The van der Waals surface area contributed by atoms with Crippen LogP contribution in [0.25, 0.3) is 0 Å². The van der Waals surface area contributed by atoms with Crippen molar-refractivity contribution >= 4 is 38.5 Å². The fourth-order valence-electron chi connectivity index (χ4n) is 1.93. The molecule has 1 N–H and O–H groups in total. The molecule has 1 aromatic carbocycles. The zero-order valence-electron chi connectivity index (χ0n) is 11.7. The Morgan fingerprint density at radius 2 is 2.14 bits per heavy atom. The molecule has 0 saturated heterocycles. The van der Waals surface area contributed by atoms with Gasteiger partial charge in [0.1, 0.15) is 0 Å². The van der Waals surface area contributed by atoms with Gasteiger partial charge in [0.2, 0.25) is 0 Å². The molecular formula is C14H16BrF3N2S. The van der Waals surface area contributed by atoms with Gasteiger partial charge in [-0.05, 0) is 53.9 Å². The molecule has 1 aliphatic heterocycles. The van der Waals surface area contributed by atoms with Crippen LogP contribution >= 0.6 is 27.7 Å². The van der Waals surface area contributed by atoms with Crippen LogP contribution in [0.1, 0.15) is 32.3 Å². The molecule has 1 heterocycles. The minimum absolute atomic E-state index is 0.137. The fourth-order valence-corrected chi connectivity index (χ4v) is 3.48. The Labute approximate surface area is 134 Å². The number of nitrogens with zero attached hydrogens (tertiary/aromatic N) is 1. The van der Waals surface area contributed by atoms with Gasteiger partial charge in [0.15, 0.2) is 5.17 Å². The van der Waals surface area contributed by atoms with Gasteiger partial charge in [0.25, 0.3) is 0 Å². The van der Waals surface area contributed by atoms with E-state index in [1.807, 2.05) is 0 Å². The van der Waals surface area contributed by atoms with Crippen molar-refractivity contribution in [1.82, 2.24) is 0 Å². The maximum absolute atomic E-state index is 12.8. The number of halogens is 4. The standard InChI is InChI=1S/C14H16BrF3N2S/c1-3-13(2)6-7-21-12(20-13)19-11-8-9(14(16,17)18)4-5-10(11)15/h4-5,8H,3,6-7H2,1-2H3,(H,19,20). The lowest BCUT2D eigenvalue weighted by molar-refractivity contribution is -0.137. The third-order valence-electron chi connectivity index (χ3n) is 3.55. The highest BCUT2D eigenvalue weighted by atomic mass is 79.9. The predicted octanol–water partition coefficient (Wildman–Crippen LogP) is 5.54. The zero-order valence-corrected chi connectivity index (χ0v) is 14.1. The smallest absolute Gasteiger partial charge is 0.334 e. The number of anilines is 1. The third kappa shape index (κ3) is 4.16. The second-order valence-electron chi connectivity index (χ2n) is 5.18. The largest absolute Gasteiger partial charge is 0.416 e. The summed E-state index contributed by atoms with van der Waals surface area (Å²) < 4.78 is 38.9. The minimum atomic E-state index is -4.35. The molecule has 0 spiro atoms. The summed E-state index contributed by atoms with van der Waals surface area (Å²) in [7, 11) is 0. The van der Waals surface area contributed by atoms with Crippen LogP contribution in [0.3, 0.4) is 0 Å². The first-order valence-corrected chi connectivity index (χ1v) is 8.38. The van der Waals surface area contributed by atoms with Gasteiger partial charge in [0.05, 0.1) is 16.8 Å². The van der Waals surface area contributed by atoms with Crippen molar-refractivity contribution in [2.24, 2.45) is 4.99 Å². The molecule has 0 fully saturated rings. The van der Waals surface area contributed by atoms with Gasteiger partial charge in [-0.15, -0.1) is 0 Å². The summed E-state index contributed by atoms with van der Waals surface area (Å²) in [6.07, 6.45) is -2.47. The van der Waals surface area contributed by atoms with Gasteiger partial charge in [-0.3, -0.25) is 4.99 Å². The molecule has 2 nitrogen and oxygen atoms in total. The molecule has 1 aromatic rings. The van der Waals surface area contributed by atoms with Gasteiger partial charge >= 0.3 is 6.18 Å². The van der Waals surface area contributed by atoms with E-state index in [1.54, 1.807) is 0 Å². The van der Waals surface area contributed by atoms with E-state index in [0.717, 1.165) is 30.7 Å². The Bertz CT molecular complexity index is 560. The van der Waals surface area contributed by atoms with E-state index in [4.69, 9.17) is 0 Å². The van der Waals surface area contributed by atoms with Crippen LogP contribution in [-0.2, 0) is 6.18 Å². The van der Waals surface area contributed by atoms with Crippen molar-refractivity contribution in [3.05, 3.63) is 28.2 Å². The third-order valence-corrected chi connectivity index (χ3v) is 5.11. The number of hydrogen-bond donors (Lipinski definition) is 1. The Morgan fingerprint density at radius 3 is 2.76 bits per heavy atom. The second kappa shape index (κ2) is 6.20. The van der Waals surface area contributed by atoms with E-state index in [2.05, 4.69) is 40.1 Å². The fraction of sp³-hybridized carbons (Fsp3) is 0.500. The molecule has 116 valence electrons. The summed E-state index contributed by atoms with van der Waals surface area (Å²) in [6, 6.07) is 3.56. The molecular weight excluding hydrogens is 365 g/mol. The normalized spacial score (nSPS) is 22.9. The molecule has 21 heavy (non-hydrogen) atoms. The van der Waals surface area contributed by atoms with Crippen LogP contribution in [-0.4, -0.2) is 16.5 Å². The van der Waals surface area contributed by atoms with Crippen molar-refractivity contribution in [1.29, 1.82) is 0 Å². The van der Waals surface area contributed by atoms with Crippen molar-refractivity contribution in [2.75, 3.05) is 11.1 Å². The highest BCUT2D eigenvalue weighted by molar-refractivity contribution is 9.10. The van der Waals surface area contributed by atoms with E-state index < -0.39 is 11.7 Å². The topological polar surface area (TPSA) is 24.4 Å². The maximum Gasteiger partial charge on any atom is 0.416 e. The van der Waals surface area contributed by atoms with E-state index in [0.29, 0.717) is 15.3 Å². The monoisotopic (exact) mass is 380 g/mol. The van der Waals surface area contributed by atoms with E-state index in [1.165, 1.54) is 17.8 Å². The molecule has 0 saturated carbocycles. The Morgan fingerprint density at radius 1 is 1.43 bits per heavy atom. The molecule has 7 heteroatoms. The van der Waals surface area contributed by atoms with Crippen molar-refractivity contribution in [2.45, 2.75) is 38.4 Å². The average molecular weight is 381 g/mol. The SMILES string of the molecule is CCC1(C)CCSC(Nc2cc(C(F)(F)F)ccc2Br)=N1. The number of aliphatic imine (C=N–C) groups is 1. The molecule has 1 atom stereocenters. The first kappa shape index (κ1) is 16.7. The number of nitrogens with one attached hydrogen (secondary N) is 1. The number of thioether (sulfide) groups is 1. The van der Waals surface area contributed by atoms with Gasteiger partial charge in [-0.2, -0.15) is 13.2 Å². The summed E-state index contributed by atoms with van der Waals surface area (Å²) in [5.41, 5.74) is -0.425. The lowest BCUT2D eigenvalue weighted by Crippen LogP contribution is -2.29. The average Bonchev–Trinajstić information content (AvgIpc) is 2.40. The Balaban J connectivity index is 2.27. The molecule has 0 aliphatic carbocycles. The minimum Gasteiger partial charge on any atom is -0.334 e. The Kier molecular flexibility index (Phi) is 4.92. The van der Waals surface area contributed by atoms with E-state index in [9.17, 15) is 13.2 Å². The molecule has 1 unspecified atom stereocenters. The molecule has 0 radical (unpaired) electrons. The first-order valence-electron chi connectivity index (χ1n) is 6.60. The highest BCUT2D eigenvalue weighted by Crippen LogP contribution is 2.35. The van der Waals surface area contributed by atoms with Crippen molar-refractivity contribution < 1.29 is 13.2 Å². The molecule has 0 aromatic heterocycles. The number of benzene rings is 1. The van der Waals surface area contributed by atoms with Crippen LogP contribution in [0.2, 0.25) is 0 Å². The molecule has 0 bridgehead atoms. The van der Waals surface area contributed by atoms with Gasteiger partial charge < -0.3 is 5.32 Å². The number of hydrogen-bond acceptors (Lipinski definition) is 3.